The fourth-order valence-electron chi connectivity index (χ4n) is 2.65. The van der Waals surface area contributed by atoms with Crippen molar-refractivity contribution >= 4 is 23.5 Å². The second-order valence-electron chi connectivity index (χ2n) is 5.56. The summed E-state index contributed by atoms with van der Waals surface area (Å²) in [5, 5.41) is 15.7. The van der Waals surface area contributed by atoms with E-state index in [4.69, 9.17) is 5.11 Å². The Morgan fingerprint density at radius 3 is 2.75 bits per heavy atom. The van der Waals surface area contributed by atoms with E-state index < -0.39 is 17.9 Å². The van der Waals surface area contributed by atoms with Crippen LogP contribution < -0.4 is 10.2 Å². The van der Waals surface area contributed by atoms with Gasteiger partial charge in [-0.3, -0.25) is 14.3 Å². The summed E-state index contributed by atoms with van der Waals surface area (Å²) in [6, 6.07) is 5.07. The largest absolute Gasteiger partial charge is 0.478 e. The lowest BCUT2D eigenvalue weighted by Crippen LogP contribution is -2.41. The fraction of sp³-hybridized carbons (Fsp3) is 0.250. The van der Waals surface area contributed by atoms with Gasteiger partial charge in [-0.2, -0.15) is 5.10 Å². The number of amides is 2. The molecule has 24 heavy (non-hydrogen) atoms. The molecule has 2 aromatic rings. The molecule has 2 N–H and O–H groups in total. The van der Waals surface area contributed by atoms with Crippen molar-refractivity contribution < 1.29 is 19.5 Å². The second-order valence-corrected chi connectivity index (χ2v) is 5.56. The van der Waals surface area contributed by atoms with Crippen LogP contribution in [-0.4, -0.2) is 45.3 Å². The Hall–Kier alpha value is -3.16. The Labute approximate surface area is 137 Å². The Kier molecular flexibility index (Phi) is 4.03. The van der Waals surface area contributed by atoms with Gasteiger partial charge in [-0.25, -0.2) is 4.79 Å². The number of benzene rings is 1. The van der Waals surface area contributed by atoms with Crippen molar-refractivity contribution in [3.05, 3.63) is 47.8 Å². The van der Waals surface area contributed by atoms with Gasteiger partial charge in [-0.15, -0.1) is 0 Å². The van der Waals surface area contributed by atoms with Gasteiger partial charge in [0.2, 0.25) is 5.91 Å². The molecule has 8 nitrogen and oxygen atoms in total. The minimum absolute atomic E-state index is 0.0254. The highest BCUT2D eigenvalue weighted by atomic mass is 16.4. The summed E-state index contributed by atoms with van der Waals surface area (Å²) in [4.78, 5) is 37.3. The third-order valence-corrected chi connectivity index (χ3v) is 3.89. The first-order chi connectivity index (χ1) is 11.5. The molecule has 8 heteroatoms. The third kappa shape index (κ3) is 2.98. The summed E-state index contributed by atoms with van der Waals surface area (Å²) in [6.45, 7) is 0.491. The van der Waals surface area contributed by atoms with Crippen molar-refractivity contribution in [3.8, 4) is 0 Å². The van der Waals surface area contributed by atoms with Crippen LogP contribution in [0.5, 0.6) is 0 Å². The molecule has 1 fully saturated rings. The molecule has 1 unspecified atom stereocenters. The van der Waals surface area contributed by atoms with Crippen LogP contribution in [0.4, 0.5) is 5.69 Å². The smallest absolute Gasteiger partial charge is 0.335 e. The van der Waals surface area contributed by atoms with E-state index in [0.29, 0.717) is 18.7 Å². The van der Waals surface area contributed by atoms with E-state index in [1.807, 2.05) is 0 Å². The van der Waals surface area contributed by atoms with E-state index in [1.165, 1.54) is 24.3 Å². The highest BCUT2D eigenvalue weighted by Crippen LogP contribution is 2.21. The molecule has 1 saturated heterocycles. The molecule has 124 valence electrons. The molecule has 1 aliphatic rings. The Morgan fingerprint density at radius 1 is 1.33 bits per heavy atom. The van der Waals surface area contributed by atoms with E-state index >= 15 is 0 Å². The maximum absolute atomic E-state index is 12.4. The predicted molar refractivity (Wildman–Crippen MR) is 84.8 cm³/mol. The van der Waals surface area contributed by atoms with Crippen molar-refractivity contribution in [2.24, 2.45) is 7.05 Å². The lowest BCUT2D eigenvalue weighted by molar-refractivity contribution is -0.118. The van der Waals surface area contributed by atoms with Crippen molar-refractivity contribution in [3.63, 3.8) is 0 Å². The number of rotatable bonds is 4. The minimum atomic E-state index is -1.11. The molecule has 0 saturated carbocycles. The topological polar surface area (TPSA) is 105 Å². The SMILES string of the molecule is Cn1cc(N2CCC(NC(=O)c3cccc(C(=O)O)c3)C2=O)cn1. The van der Waals surface area contributed by atoms with E-state index in [2.05, 4.69) is 10.4 Å². The number of anilines is 1. The standard InChI is InChI=1S/C16H16N4O4/c1-19-9-12(8-17-19)20-6-5-13(15(20)22)18-14(21)10-3-2-4-11(7-10)16(23)24/h2-4,7-9,13H,5-6H2,1H3,(H,18,21)(H,23,24). The molecule has 0 bridgehead atoms. The average molecular weight is 328 g/mol. The van der Waals surface area contributed by atoms with Crippen molar-refractivity contribution in [1.82, 2.24) is 15.1 Å². The van der Waals surface area contributed by atoms with Crippen LogP contribution in [0.2, 0.25) is 0 Å². The van der Waals surface area contributed by atoms with Gasteiger partial charge in [0.15, 0.2) is 0 Å². The first-order valence-electron chi connectivity index (χ1n) is 7.40. The monoisotopic (exact) mass is 328 g/mol. The molecule has 0 aliphatic carbocycles. The van der Waals surface area contributed by atoms with Crippen LogP contribution in [0, 0.1) is 0 Å². The van der Waals surface area contributed by atoms with Gasteiger partial charge < -0.3 is 15.3 Å². The van der Waals surface area contributed by atoms with Crippen molar-refractivity contribution in [2.45, 2.75) is 12.5 Å². The minimum Gasteiger partial charge on any atom is -0.478 e. The molecule has 2 amide bonds. The first kappa shape index (κ1) is 15.7. The lowest BCUT2D eigenvalue weighted by atomic mass is 10.1. The summed E-state index contributed by atoms with van der Waals surface area (Å²) in [6.07, 6.45) is 3.81. The lowest BCUT2D eigenvalue weighted by Gasteiger charge is -2.15. The molecular formula is C16H16N4O4. The van der Waals surface area contributed by atoms with Gasteiger partial charge in [0, 0.05) is 25.4 Å². The van der Waals surface area contributed by atoms with Crippen LogP contribution in [-0.2, 0) is 11.8 Å². The van der Waals surface area contributed by atoms with Crippen LogP contribution in [0.25, 0.3) is 0 Å². The molecule has 3 rings (SSSR count). The zero-order chi connectivity index (χ0) is 17.3. The average Bonchev–Trinajstić information content (AvgIpc) is 3.14. The summed E-state index contributed by atoms with van der Waals surface area (Å²) in [7, 11) is 1.76. The highest BCUT2D eigenvalue weighted by molar-refractivity contribution is 6.04. The number of nitrogens with one attached hydrogen (secondary N) is 1. The molecule has 0 spiro atoms. The summed E-state index contributed by atoms with van der Waals surface area (Å²) in [5.41, 5.74) is 0.923. The van der Waals surface area contributed by atoms with Crippen LogP contribution in [0.15, 0.2) is 36.7 Å². The maximum atomic E-state index is 12.4. The molecule has 0 radical (unpaired) electrons. The first-order valence-corrected chi connectivity index (χ1v) is 7.40. The van der Waals surface area contributed by atoms with E-state index in [0.717, 1.165) is 0 Å². The Bertz CT molecular complexity index is 814. The summed E-state index contributed by atoms with van der Waals surface area (Å²) in [5.74, 6) is -1.78. The summed E-state index contributed by atoms with van der Waals surface area (Å²) >= 11 is 0. The number of carboxylic acid groups (broad SMARTS) is 1. The number of hydrogen-bond acceptors (Lipinski definition) is 4. The van der Waals surface area contributed by atoms with Gasteiger partial charge in [-0.05, 0) is 24.6 Å². The Balaban J connectivity index is 1.70. The van der Waals surface area contributed by atoms with Gasteiger partial charge in [0.05, 0.1) is 17.4 Å². The maximum Gasteiger partial charge on any atom is 0.335 e. The predicted octanol–water partition coefficient (Wildman–Crippen LogP) is 0.654. The van der Waals surface area contributed by atoms with E-state index in [9.17, 15) is 14.4 Å². The van der Waals surface area contributed by atoms with Crippen LogP contribution in [0.3, 0.4) is 0 Å². The number of aryl methyl sites for hydroxylation is 1. The van der Waals surface area contributed by atoms with Gasteiger partial charge in [0.25, 0.3) is 5.91 Å². The zero-order valence-corrected chi connectivity index (χ0v) is 13.0. The Morgan fingerprint density at radius 2 is 2.08 bits per heavy atom. The number of carboxylic acids is 1. The molecule has 2 heterocycles. The number of nitrogens with zero attached hydrogens (tertiary/aromatic N) is 3. The van der Waals surface area contributed by atoms with E-state index in [1.54, 1.807) is 29.0 Å². The van der Waals surface area contributed by atoms with Crippen molar-refractivity contribution in [1.29, 1.82) is 0 Å². The molecule has 1 atom stereocenters. The third-order valence-electron chi connectivity index (χ3n) is 3.89. The zero-order valence-electron chi connectivity index (χ0n) is 13.0. The quantitative estimate of drug-likeness (QED) is 0.857. The van der Waals surface area contributed by atoms with Gasteiger partial charge >= 0.3 is 5.97 Å². The fourth-order valence-corrected chi connectivity index (χ4v) is 2.65. The summed E-state index contributed by atoms with van der Waals surface area (Å²) < 4.78 is 1.60. The highest BCUT2D eigenvalue weighted by Gasteiger charge is 2.34. The molecular weight excluding hydrogens is 312 g/mol. The number of aromatic nitrogens is 2. The van der Waals surface area contributed by atoms with Crippen molar-refractivity contribution in [2.75, 3.05) is 11.4 Å². The number of carbonyl (C=O) groups excluding carboxylic acids is 2. The van der Waals surface area contributed by atoms with Crippen LogP contribution in [0.1, 0.15) is 27.1 Å². The number of aromatic carboxylic acids is 1. The number of hydrogen-bond donors (Lipinski definition) is 2. The molecule has 1 aromatic heterocycles. The van der Waals surface area contributed by atoms with Crippen LogP contribution >= 0.6 is 0 Å². The van der Waals surface area contributed by atoms with Gasteiger partial charge in [-0.1, -0.05) is 6.07 Å². The normalized spacial score (nSPS) is 17.1. The molecule has 1 aliphatic heterocycles. The molecule has 1 aromatic carbocycles. The number of carbonyl (C=O) groups is 3. The second kappa shape index (κ2) is 6.15. The van der Waals surface area contributed by atoms with Gasteiger partial charge in [0.1, 0.15) is 6.04 Å². The van der Waals surface area contributed by atoms with E-state index in [-0.39, 0.29) is 17.0 Å².